The van der Waals surface area contributed by atoms with E-state index in [1.165, 1.54) is 0 Å². The van der Waals surface area contributed by atoms with Gasteiger partial charge in [0.25, 0.3) is 5.91 Å². The number of ether oxygens (including phenoxy) is 2. The van der Waals surface area contributed by atoms with Crippen LogP contribution in [0, 0.1) is 0 Å². The second-order valence-electron chi connectivity index (χ2n) is 8.07. The van der Waals surface area contributed by atoms with Gasteiger partial charge in [0.1, 0.15) is 5.75 Å². The van der Waals surface area contributed by atoms with Crippen LogP contribution in [-0.4, -0.2) is 30.2 Å². The maximum absolute atomic E-state index is 13.0. The minimum atomic E-state index is -0.417. The van der Waals surface area contributed by atoms with E-state index in [0.717, 1.165) is 18.4 Å². The molecule has 1 N–H and O–H groups in total. The molecule has 0 spiro atoms. The number of thiocarbonyl (C=S) groups is 1. The maximum atomic E-state index is 13.0. The summed E-state index contributed by atoms with van der Waals surface area (Å²) in [5.41, 5.74) is 2.26. The summed E-state index contributed by atoms with van der Waals surface area (Å²) < 4.78 is 10.7. The van der Waals surface area contributed by atoms with E-state index in [1.807, 2.05) is 0 Å². The Morgan fingerprint density at radius 3 is 2.24 bits per heavy atom. The minimum absolute atomic E-state index is 0.170. The zero-order valence-electron chi connectivity index (χ0n) is 20.6. The Morgan fingerprint density at radius 1 is 0.946 bits per heavy atom. The van der Waals surface area contributed by atoms with E-state index < -0.39 is 5.97 Å². The monoisotopic (exact) mass is 558 g/mol. The van der Waals surface area contributed by atoms with Gasteiger partial charge in [0.05, 0.1) is 25.3 Å². The molecule has 3 aromatic carbocycles. The second-order valence-corrected chi connectivity index (χ2v) is 9.31. The molecule has 0 aromatic heterocycles. The fraction of sp³-hybridized carbons (Fsp3) is 0.250. The lowest BCUT2D eigenvalue weighted by Gasteiger charge is -2.26. The number of amides is 1. The van der Waals surface area contributed by atoms with Crippen LogP contribution in [0.5, 0.6) is 5.75 Å². The summed E-state index contributed by atoms with van der Waals surface area (Å²) in [4.78, 5) is 26.8. The number of rotatable bonds is 10. The van der Waals surface area contributed by atoms with E-state index >= 15 is 0 Å². The highest BCUT2D eigenvalue weighted by Gasteiger charge is 2.19. The van der Waals surface area contributed by atoms with E-state index in [1.54, 1.807) is 78.6 Å². The quantitative estimate of drug-likeness (QED) is 0.163. The number of carbonyl (C=O) groups excluding carboxylic acids is 2. The van der Waals surface area contributed by atoms with Crippen molar-refractivity contribution in [2.75, 3.05) is 18.1 Å². The standard InChI is InChI=1S/C28H28Cl2N2O4S/c1-3-5-16-36-24-14-9-19(10-15-24)26(33)31-28(37)32(18-21-6-11-22(29)17-25(21)30)23-12-7-20(8-13-23)27(34)35-4-2/h6-15,17H,3-5,16,18H2,1-2H3,(H,31,33,37). The molecule has 1 amide bonds. The Labute approximate surface area is 232 Å². The molecule has 0 unspecified atom stereocenters. The van der Waals surface area contributed by atoms with Crippen molar-refractivity contribution in [1.82, 2.24) is 5.32 Å². The van der Waals surface area contributed by atoms with Gasteiger partial charge in [0.2, 0.25) is 0 Å². The van der Waals surface area contributed by atoms with Gasteiger partial charge < -0.3 is 14.4 Å². The molecule has 0 radical (unpaired) electrons. The number of unbranched alkanes of at least 4 members (excludes halogenated alkanes) is 1. The van der Waals surface area contributed by atoms with Crippen molar-refractivity contribution in [3.8, 4) is 5.75 Å². The molecule has 0 heterocycles. The van der Waals surface area contributed by atoms with E-state index in [9.17, 15) is 9.59 Å². The molecule has 0 saturated heterocycles. The van der Waals surface area contributed by atoms with Crippen molar-refractivity contribution in [1.29, 1.82) is 0 Å². The lowest BCUT2D eigenvalue weighted by Crippen LogP contribution is -2.42. The molecule has 0 aliphatic heterocycles. The first-order valence-electron chi connectivity index (χ1n) is 11.9. The zero-order valence-corrected chi connectivity index (χ0v) is 23.0. The first-order chi connectivity index (χ1) is 17.8. The van der Waals surface area contributed by atoms with Crippen molar-refractivity contribution in [2.45, 2.75) is 33.2 Å². The number of halogens is 2. The van der Waals surface area contributed by atoms with Gasteiger partial charge in [0.15, 0.2) is 5.11 Å². The first-order valence-corrected chi connectivity index (χ1v) is 13.1. The molecule has 0 fully saturated rings. The molecule has 3 rings (SSSR count). The number of hydrogen-bond donors (Lipinski definition) is 1. The normalized spacial score (nSPS) is 10.5. The van der Waals surface area contributed by atoms with Crippen molar-refractivity contribution >= 4 is 58.1 Å². The Hall–Kier alpha value is -3.13. The van der Waals surface area contributed by atoms with Gasteiger partial charge in [-0.1, -0.05) is 42.6 Å². The minimum Gasteiger partial charge on any atom is -0.494 e. The molecule has 6 nitrogen and oxygen atoms in total. The van der Waals surface area contributed by atoms with Crippen molar-refractivity contribution in [2.24, 2.45) is 0 Å². The first kappa shape index (κ1) is 28.4. The number of carbonyl (C=O) groups is 2. The van der Waals surface area contributed by atoms with Crippen LogP contribution in [0.1, 0.15) is 53.0 Å². The number of benzene rings is 3. The van der Waals surface area contributed by atoms with Crippen LogP contribution in [0.2, 0.25) is 10.0 Å². The molecular weight excluding hydrogens is 531 g/mol. The lowest BCUT2D eigenvalue weighted by atomic mass is 10.1. The summed E-state index contributed by atoms with van der Waals surface area (Å²) in [5, 5.41) is 3.94. The van der Waals surface area contributed by atoms with Crippen LogP contribution in [-0.2, 0) is 11.3 Å². The molecule has 3 aromatic rings. The predicted octanol–water partition coefficient (Wildman–Crippen LogP) is 7.07. The number of nitrogens with zero attached hydrogens (tertiary/aromatic N) is 1. The van der Waals surface area contributed by atoms with Gasteiger partial charge in [-0.15, -0.1) is 0 Å². The fourth-order valence-corrected chi connectivity index (χ4v) is 4.10. The van der Waals surface area contributed by atoms with Gasteiger partial charge in [-0.05, 0) is 91.8 Å². The van der Waals surface area contributed by atoms with E-state index in [4.69, 9.17) is 44.9 Å². The summed E-state index contributed by atoms with van der Waals surface area (Å²) in [7, 11) is 0. The van der Waals surface area contributed by atoms with Gasteiger partial charge >= 0.3 is 5.97 Å². The number of esters is 1. The highest BCUT2D eigenvalue weighted by molar-refractivity contribution is 7.80. The van der Waals surface area contributed by atoms with Gasteiger partial charge in [-0.25, -0.2) is 4.79 Å². The van der Waals surface area contributed by atoms with Crippen molar-refractivity contribution in [3.63, 3.8) is 0 Å². The Kier molecular flexibility index (Phi) is 10.7. The van der Waals surface area contributed by atoms with Crippen LogP contribution in [0.3, 0.4) is 0 Å². The predicted molar refractivity (Wildman–Crippen MR) is 152 cm³/mol. The van der Waals surface area contributed by atoms with Crippen LogP contribution in [0.25, 0.3) is 0 Å². The molecule has 0 atom stereocenters. The molecule has 0 bridgehead atoms. The van der Waals surface area contributed by atoms with Crippen molar-refractivity contribution < 1.29 is 19.1 Å². The van der Waals surface area contributed by atoms with Gasteiger partial charge in [-0.3, -0.25) is 10.1 Å². The zero-order chi connectivity index (χ0) is 26.8. The molecule has 194 valence electrons. The molecule has 9 heteroatoms. The Bertz CT molecular complexity index is 1230. The number of nitrogens with one attached hydrogen (secondary N) is 1. The summed E-state index contributed by atoms with van der Waals surface area (Å²) in [6, 6.07) is 18.8. The van der Waals surface area contributed by atoms with E-state index in [-0.39, 0.29) is 24.2 Å². The largest absolute Gasteiger partial charge is 0.494 e. The van der Waals surface area contributed by atoms with Gasteiger partial charge in [-0.2, -0.15) is 0 Å². The van der Waals surface area contributed by atoms with E-state index in [0.29, 0.717) is 39.2 Å². The van der Waals surface area contributed by atoms with Gasteiger partial charge in [0, 0.05) is 21.3 Å². The average Bonchev–Trinajstić information content (AvgIpc) is 2.89. The molecule has 0 aliphatic rings. The average molecular weight is 560 g/mol. The summed E-state index contributed by atoms with van der Waals surface area (Å²) in [6.45, 7) is 5.02. The van der Waals surface area contributed by atoms with Crippen LogP contribution >= 0.6 is 35.4 Å². The van der Waals surface area contributed by atoms with Crippen LogP contribution in [0.15, 0.2) is 66.7 Å². The highest BCUT2D eigenvalue weighted by Crippen LogP contribution is 2.26. The molecule has 0 saturated carbocycles. The third-order valence-corrected chi connectivity index (χ3v) is 6.29. The topological polar surface area (TPSA) is 67.9 Å². The summed E-state index contributed by atoms with van der Waals surface area (Å²) in [6.07, 6.45) is 2.01. The molecular formula is C28H28Cl2N2O4S. The van der Waals surface area contributed by atoms with E-state index in [2.05, 4.69) is 12.2 Å². The number of anilines is 1. The molecule has 0 aliphatic carbocycles. The third kappa shape index (κ3) is 8.18. The summed E-state index contributed by atoms with van der Waals surface area (Å²) in [5.74, 6) is -0.0759. The SMILES string of the molecule is CCCCOc1ccc(C(=O)NC(=S)N(Cc2ccc(Cl)cc2Cl)c2ccc(C(=O)OCC)cc2)cc1. The number of hydrogen-bond acceptors (Lipinski definition) is 5. The summed E-state index contributed by atoms with van der Waals surface area (Å²) >= 11 is 18.1. The Balaban J connectivity index is 1.80. The maximum Gasteiger partial charge on any atom is 0.338 e. The molecule has 37 heavy (non-hydrogen) atoms. The lowest BCUT2D eigenvalue weighted by molar-refractivity contribution is 0.0526. The van der Waals surface area contributed by atoms with Crippen molar-refractivity contribution in [3.05, 3.63) is 93.5 Å². The van der Waals surface area contributed by atoms with Crippen LogP contribution in [0.4, 0.5) is 5.69 Å². The highest BCUT2D eigenvalue weighted by atomic mass is 35.5. The fourth-order valence-electron chi connectivity index (χ4n) is 3.37. The Morgan fingerprint density at radius 2 is 1.62 bits per heavy atom. The smallest absolute Gasteiger partial charge is 0.338 e. The van der Waals surface area contributed by atoms with Crippen LogP contribution < -0.4 is 15.0 Å². The second kappa shape index (κ2) is 14.0. The third-order valence-electron chi connectivity index (χ3n) is 5.38.